The van der Waals surface area contributed by atoms with Crippen molar-refractivity contribution in [2.24, 2.45) is 5.92 Å². The molecule has 102 valence electrons. The number of benzene rings is 1. The van der Waals surface area contributed by atoms with Crippen molar-refractivity contribution in [1.29, 1.82) is 0 Å². The lowest BCUT2D eigenvalue weighted by molar-refractivity contribution is 0.362. The molecule has 1 aromatic carbocycles. The number of halogens is 1. The van der Waals surface area contributed by atoms with Gasteiger partial charge in [-0.2, -0.15) is 0 Å². The topological polar surface area (TPSA) is 12.0 Å². The Balaban J connectivity index is 2.92. The van der Waals surface area contributed by atoms with E-state index in [2.05, 4.69) is 32.2 Å². The second kappa shape index (κ2) is 7.52. The highest BCUT2D eigenvalue weighted by Gasteiger charge is 2.18. The highest BCUT2D eigenvalue weighted by molar-refractivity contribution is 5.26. The van der Waals surface area contributed by atoms with Crippen molar-refractivity contribution in [2.75, 3.05) is 6.54 Å². The van der Waals surface area contributed by atoms with Gasteiger partial charge in [-0.05, 0) is 55.5 Å². The average Bonchev–Trinajstić information content (AvgIpc) is 2.28. The van der Waals surface area contributed by atoms with E-state index in [0.29, 0.717) is 5.92 Å². The molecule has 0 heterocycles. The van der Waals surface area contributed by atoms with E-state index < -0.39 is 0 Å². The first-order valence-corrected chi connectivity index (χ1v) is 7.09. The lowest BCUT2D eigenvalue weighted by atomic mass is 9.90. The van der Waals surface area contributed by atoms with Crippen molar-refractivity contribution < 1.29 is 4.39 Å². The third-order valence-corrected chi connectivity index (χ3v) is 3.35. The first kappa shape index (κ1) is 15.2. The highest BCUT2D eigenvalue weighted by Crippen LogP contribution is 2.27. The van der Waals surface area contributed by atoms with Crippen LogP contribution >= 0.6 is 0 Å². The summed E-state index contributed by atoms with van der Waals surface area (Å²) in [6, 6.07) is 5.62. The van der Waals surface area contributed by atoms with Gasteiger partial charge in [0.2, 0.25) is 0 Å². The van der Waals surface area contributed by atoms with Gasteiger partial charge in [0.25, 0.3) is 0 Å². The van der Waals surface area contributed by atoms with E-state index in [1.807, 2.05) is 6.92 Å². The number of rotatable bonds is 7. The lowest BCUT2D eigenvalue weighted by Gasteiger charge is -2.26. The molecular weight excluding hydrogens is 225 g/mol. The fourth-order valence-corrected chi connectivity index (χ4v) is 2.51. The van der Waals surface area contributed by atoms with Crippen molar-refractivity contribution in [3.63, 3.8) is 0 Å². The number of nitrogens with one attached hydrogen (secondary N) is 1. The van der Waals surface area contributed by atoms with Gasteiger partial charge in [0.1, 0.15) is 5.82 Å². The largest absolute Gasteiger partial charge is 0.310 e. The minimum atomic E-state index is -0.128. The summed E-state index contributed by atoms with van der Waals surface area (Å²) in [7, 11) is 0. The van der Waals surface area contributed by atoms with Crippen molar-refractivity contribution in [2.45, 2.75) is 53.0 Å². The molecule has 0 aromatic heterocycles. The minimum Gasteiger partial charge on any atom is -0.310 e. The molecule has 2 unspecified atom stereocenters. The molecule has 0 radical (unpaired) electrons. The predicted molar refractivity (Wildman–Crippen MR) is 76.2 cm³/mol. The van der Waals surface area contributed by atoms with Gasteiger partial charge < -0.3 is 5.32 Å². The molecule has 1 nitrogen and oxygen atoms in total. The van der Waals surface area contributed by atoms with Gasteiger partial charge >= 0.3 is 0 Å². The third-order valence-electron chi connectivity index (χ3n) is 3.35. The first-order valence-electron chi connectivity index (χ1n) is 7.09. The molecule has 1 aromatic rings. The van der Waals surface area contributed by atoms with Gasteiger partial charge in [-0.1, -0.05) is 33.3 Å². The fourth-order valence-electron chi connectivity index (χ4n) is 2.51. The summed E-state index contributed by atoms with van der Waals surface area (Å²) in [5, 5.41) is 3.56. The van der Waals surface area contributed by atoms with Crippen molar-refractivity contribution in [3.05, 3.63) is 35.1 Å². The van der Waals surface area contributed by atoms with Crippen molar-refractivity contribution in [1.82, 2.24) is 5.32 Å². The first-order chi connectivity index (χ1) is 8.58. The molecule has 0 saturated carbocycles. The Morgan fingerprint density at radius 2 is 1.89 bits per heavy atom. The molecule has 1 rings (SSSR count). The number of hydrogen-bond acceptors (Lipinski definition) is 1. The van der Waals surface area contributed by atoms with Crippen LogP contribution in [0.5, 0.6) is 0 Å². The number of hydrogen-bond donors (Lipinski definition) is 1. The monoisotopic (exact) mass is 251 g/mol. The van der Waals surface area contributed by atoms with Crippen LogP contribution in [0, 0.1) is 18.7 Å². The summed E-state index contributed by atoms with van der Waals surface area (Å²) in [5.74, 6) is 0.403. The Morgan fingerprint density at radius 3 is 2.44 bits per heavy atom. The van der Waals surface area contributed by atoms with E-state index in [-0.39, 0.29) is 11.9 Å². The molecule has 0 aliphatic heterocycles. The van der Waals surface area contributed by atoms with E-state index in [1.165, 1.54) is 6.42 Å². The molecule has 0 amide bonds. The van der Waals surface area contributed by atoms with Crippen LogP contribution in [-0.4, -0.2) is 6.54 Å². The van der Waals surface area contributed by atoms with E-state index in [0.717, 1.165) is 30.5 Å². The second-order valence-corrected chi connectivity index (χ2v) is 5.26. The van der Waals surface area contributed by atoms with E-state index >= 15 is 0 Å². The molecular formula is C16H26FN. The van der Waals surface area contributed by atoms with Crippen LogP contribution in [-0.2, 0) is 0 Å². The van der Waals surface area contributed by atoms with Crippen LogP contribution in [0.15, 0.2) is 18.2 Å². The molecule has 0 aliphatic rings. The fraction of sp³-hybridized carbons (Fsp3) is 0.625. The van der Waals surface area contributed by atoms with Crippen molar-refractivity contribution >= 4 is 0 Å². The Labute approximate surface area is 111 Å². The van der Waals surface area contributed by atoms with Gasteiger partial charge in [0.15, 0.2) is 0 Å². The van der Waals surface area contributed by atoms with Crippen LogP contribution in [0.1, 0.15) is 57.2 Å². The second-order valence-electron chi connectivity index (χ2n) is 5.26. The third kappa shape index (κ3) is 4.41. The normalized spacial score (nSPS) is 14.5. The summed E-state index contributed by atoms with van der Waals surface area (Å²) in [5.41, 5.74) is 2.08. The Bertz CT molecular complexity index is 342. The zero-order valence-corrected chi connectivity index (χ0v) is 12.1. The van der Waals surface area contributed by atoms with Crippen LogP contribution in [0.2, 0.25) is 0 Å². The maximum atomic E-state index is 13.5. The van der Waals surface area contributed by atoms with Gasteiger partial charge in [-0.15, -0.1) is 0 Å². The molecule has 2 heteroatoms. The summed E-state index contributed by atoms with van der Waals surface area (Å²) in [6.45, 7) is 9.54. The smallest absolute Gasteiger partial charge is 0.123 e. The highest BCUT2D eigenvalue weighted by atomic mass is 19.1. The molecule has 0 spiro atoms. The maximum absolute atomic E-state index is 13.5. The molecule has 0 fully saturated rings. The Morgan fingerprint density at radius 1 is 1.17 bits per heavy atom. The van der Waals surface area contributed by atoms with Crippen molar-refractivity contribution in [3.8, 4) is 0 Å². The SMILES string of the molecule is CCCNC(c1cc(C)cc(F)c1)C(C)CCC. The molecule has 0 aliphatic carbocycles. The van der Waals surface area contributed by atoms with Crippen LogP contribution < -0.4 is 5.32 Å². The summed E-state index contributed by atoms with van der Waals surface area (Å²) in [6.07, 6.45) is 3.43. The summed E-state index contributed by atoms with van der Waals surface area (Å²) < 4.78 is 13.5. The predicted octanol–water partition coefficient (Wildman–Crippen LogP) is 4.61. The average molecular weight is 251 g/mol. The zero-order chi connectivity index (χ0) is 13.5. The summed E-state index contributed by atoms with van der Waals surface area (Å²) >= 11 is 0. The van der Waals surface area contributed by atoms with Gasteiger partial charge in [0.05, 0.1) is 0 Å². The van der Waals surface area contributed by atoms with Crippen LogP contribution in [0.3, 0.4) is 0 Å². The molecule has 2 atom stereocenters. The maximum Gasteiger partial charge on any atom is 0.123 e. The lowest BCUT2D eigenvalue weighted by Crippen LogP contribution is -2.28. The zero-order valence-electron chi connectivity index (χ0n) is 12.1. The van der Waals surface area contributed by atoms with Crippen LogP contribution in [0.25, 0.3) is 0 Å². The summed E-state index contributed by atoms with van der Waals surface area (Å²) in [4.78, 5) is 0. The number of aryl methyl sites for hydroxylation is 1. The van der Waals surface area contributed by atoms with Crippen LogP contribution in [0.4, 0.5) is 4.39 Å². The molecule has 0 saturated heterocycles. The quantitative estimate of drug-likeness (QED) is 0.746. The molecule has 0 bridgehead atoms. The Kier molecular flexibility index (Phi) is 6.34. The van der Waals surface area contributed by atoms with E-state index in [1.54, 1.807) is 12.1 Å². The standard InChI is InChI=1S/C16H26FN/c1-5-7-13(4)16(18-8-6-2)14-9-12(3)10-15(17)11-14/h9-11,13,16,18H,5-8H2,1-4H3. The van der Waals surface area contributed by atoms with Gasteiger partial charge in [-0.3, -0.25) is 0 Å². The minimum absolute atomic E-state index is 0.128. The van der Waals surface area contributed by atoms with Gasteiger partial charge in [0, 0.05) is 6.04 Å². The Hall–Kier alpha value is -0.890. The van der Waals surface area contributed by atoms with Gasteiger partial charge in [-0.25, -0.2) is 4.39 Å². The molecule has 1 N–H and O–H groups in total. The van der Waals surface area contributed by atoms with E-state index in [9.17, 15) is 4.39 Å². The van der Waals surface area contributed by atoms with E-state index in [4.69, 9.17) is 0 Å². The molecule has 18 heavy (non-hydrogen) atoms.